The summed E-state index contributed by atoms with van der Waals surface area (Å²) in [5, 5.41) is 6.64. The molecule has 0 atom stereocenters. The van der Waals surface area contributed by atoms with Crippen molar-refractivity contribution in [3.8, 4) is 0 Å². The maximum atomic E-state index is 11.2. The number of guanidine groups is 1. The van der Waals surface area contributed by atoms with Gasteiger partial charge in [0.2, 0.25) is 0 Å². The van der Waals surface area contributed by atoms with Crippen LogP contribution in [-0.2, 0) is 9.84 Å². The van der Waals surface area contributed by atoms with E-state index in [1.807, 2.05) is 6.92 Å². The Balaban J connectivity index is 0.00000441. The normalized spacial score (nSPS) is 23.0. The fraction of sp³-hybridized carbons (Fsp3) is 0.933. The summed E-state index contributed by atoms with van der Waals surface area (Å²) < 4.78 is 22.3. The van der Waals surface area contributed by atoms with E-state index in [2.05, 4.69) is 29.5 Å². The van der Waals surface area contributed by atoms with E-state index in [0.717, 1.165) is 24.3 Å². The van der Waals surface area contributed by atoms with Gasteiger partial charge in [0.1, 0.15) is 9.84 Å². The Kier molecular flexibility index (Phi) is 10.6. The first-order valence-corrected chi connectivity index (χ1v) is 10.1. The molecule has 0 aliphatic heterocycles. The quantitative estimate of drug-likeness (QED) is 0.374. The number of hydrogen-bond acceptors (Lipinski definition) is 3. The van der Waals surface area contributed by atoms with Crippen molar-refractivity contribution in [2.45, 2.75) is 52.5 Å². The van der Waals surface area contributed by atoms with Crippen LogP contribution in [0, 0.1) is 11.8 Å². The highest BCUT2D eigenvalue weighted by molar-refractivity contribution is 14.0. The number of rotatable bonds is 6. The lowest BCUT2D eigenvalue weighted by Crippen LogP contribution is -2.45. The van der Waals surface area contributed by atoms with Crippen molar-refractivity contribution in [1.29, 1.82) is 0 Å². The molecule has 1 fully saturated rings. The van der Waals surface area contributed by atoms with Crippen LogP contribution < -0.4 is 10.6 Å². The lowest BCUT2D eigenvalue weighted by Gasteiger charge is -2.32. The lowest BCUT2D eigenvalue weighted by molar-refractivity contribution is 0.250. The Labute approximate surface area is 153 Å². The van der Waals surface area contributed by atoms with Crippen LogP contribution in [0.2, 0.25) is 0 Å². The van der Waals surface area contributed by atoms with Crippen molar-refractivity contribution < 1.29 is 8.42 Å². The number of halogens is 1. The average Bonchev–Trinajstić information content (AvgIpc) is 2.38. The molecule has 1 aliphatic carbocycles. The Bertz CT molecular complexity index is 430. The Morgan fingerprint density at radius 3 is 2.27 bits per heavy atom. The summed E-state index contributed by atoms with van der Waals surface area (Å²) in [4.78, 5) is 4.36. The van der Waals surface area contributed by atoms with E-state index in [9.17, 15) is 8.42 Å². The van der Waals surface area contributed by atoms with Crippen LogP contribution in [-0.4, -0.2) is 45.5 Å². The first-order chi connectivity index (χ1) is 9.81. The molecule has 0 saturated heterocycles. The van der Waals surface area contributed by atoms with Crippen LogP contribution >= 0.6 is 24.0 Å². The second-order valence-electron chi connectivity index (χ2n) is 6.39. The highest BCUT2D eigenvalue weighted by Crippen LogP contribution is 2.29. The molecule has 0 amide bonds. The number of nitrogens with one attached hydrogen (secondary N) is 2. The minimum absolute atomic E-state index is 0. The minimum atomic E-state index is -2.95. The summed E-state index contributed by atoms with van der Waals surface area (Å²) in [5.41, 5.74) is 0. The lowest BCUT2D eigenvalue weighted by atomic mass is 9.80. The monoisotopic (exact) mass is 445 g/mol. The molecule has 2 N–H and O–H groups in total. The van der Waals surface area contributed by atoms with E-state index in [1.54, 1.807) is 0 Å². The molecule has 0 spiro atoms. The van der Waals surface area contributed by atoms with Gasteiger partial charge in [0.25, 0.3) is 0 Å². The summed E-state index contributed by atoms with van der Waals surface area (Å²) in [7, 11) is -2.95. The summed E-state index contributed by atoms with van der Waals surface area (Å²) >= 11 is 0. The van der Waals surface area contributed by atoms with E-state index in [1.165, 1.54) is 31.9 Å². The number of hydrogen-bond donors (Lipinski definition) is 2. The second kappa shape index (κ2) is 10.7. The molecule has 5 nitrogen and oxygen atoms in total. The standard InChI is InChI=1S/C15H31N3O2S.HI/c1-5-16-15(17-10-11-21(4,19)20)18-14-8-6-13(7-9-14)12(2)3;/h12-14H,5-11H2,1-4H3,(H2,16,17,18);1H. The number of aliphatic imine (C=N–C) groups is 1. The summed E-state index contributed by atoms with van der Waals surface area (Å²) in [6.07, 6.45) is 6.10. The van der Waals surface area contributed by atoms with E-state index in [4.69, 9.17) is 0 Å². The van der Waals surface area contributed by atoms with Crippen molar-refractivity contribution in [1.82, 2.24) is 10.6 Å². The molecule has 1 saturated carbocycles. The van der Waals surface area contributed by atoms with Gasteiger partial charge in [-0.3, -0.25) is 4.99 Å². The second-order valence-corrected chi connectivity index (χ2v) is 8.65. The molecule has 0 aromatic rings. The molecule has 0 aromatic heterocycles. The zero-order chi connectivity index (χ0) is 15.9. The van der Waals surface area contributed by atoms with Gasteiger partial charge in [0.15, 0.2) is 5.96 Å². The largest absolute Gasteiger partial charge is 0.357 e. The summed E-state index contributed by atoms with van der Waals surface area (Å²) in [6.45, 7) is 7.72. The predicted octanol–water partition coefficient (Wildman–Crippen LogP) is 2.42. The minimum Gasteiger partial charge on any atom is -0.357 e. The average molecular weight is 445 g/mol. The highest BCUT2D eigenvalue weighted by Gasteiger charge is 2.23. The van der Waals surface area contributed by atoms with Crippen molar-refractivity contribution >= 4 is 39.8 Å². The molecule has 0 bridgehead atoms. The van der Waals surface area contributed by atoms with Crippen LogP contribution in [0.1, 0.15) is 46.5 Å². The van der Waals surface area contributed by atoms with Gasteiger partial charge in [-0.25, -0.2) is 8.42 Å². The fourth-order valence-corrected chi connectivity index (χ4v) is 3.19. The van der Waals surface area contributed by atoms with Gasteiger partial charge in [-0.2, -0.15) is 0 Å². The van der Waals surface area contributed by atoms with Gasteiger partial charge in [0.05, 0.1) is 12.3 Å². The van der Waals surface area contributed by atoms with Crippen molar-refractivity contribution in [3.05, 3.63) is 0 Å². The van der Waals surface area contributed by atoms with Gasteiger partial charge in [0, 0.05) is 18.8 Å². The molecule has 132 valence electrons. The van der Waals surface area contributed by atoms with Crippen molar-refractivity contribution in [2.24, 2.45) is 16.8 Å². The van der Waals surface area contributed by atoms with E-state index < -0.39 is 9.84 Å². The van der Waals surface area contributed by atoms with Crippen LogP contribution in [0.25, 0.3) is 0 Å². The van der Waals surface area contributed by atoms with Crippen molar-refractivity contribution in [2.75, 3.05) is 25.1 Å². The predicted molar refractivity (Wildman–Crippen MR) is 105 cm³/mol. The summed E-state index contributed by atoms with van der Waals surface area (Å²) in [5.74, 6) is 2.45. The zero-order valence-corrected chi connectivity index (χ0v) is 17.4. The molecule has 0 aromatic carbocycles. The summed E-state index contributed by atoms with van der Waals surface area (Å²) in [6, 6.07) is 0.455. The topological polar surface area (TPSA) is 70.6 Å². The SMILES string of the molecule is CCNC(=NCCS(C)(=O)=O)NC1CCC(C(C)C)CC1.I. The molecule has 22 heavy (non-hydrogen) atoms. The van der Waals surface area contributed by atoms with Gasteiger partial charge in [-0.15, -0.1) is 24.0 Å². The van der Waals surface area contributed by atoms with Crippen LogP contribution in [0.3, 0.4) is 0 Å². The third-order valence-electron chi connectivity index (χ3n) is 4.13. The first kappa shape index (κ1) is 21.9. The maximum absolute atomic E-state index is 11.2. The van der Waals surface area contributed by atoms with Gasteiger partial charge in [-0.1, -0.05) is 13.8 Å². The van der Waals surface area contributed by atoms with Crippen LogP contribution in [0.15, 0.2) is 4.99 Å². The Morgan fingerprint density at radius 2 is 1.82 bits per heavy atom. The number of sulfone groups is 1. The Morgan fingerprint density at radius 1 is 1.23 bits per heavy atom. The van der Waals surface area contributed by atoms with Crippen molar-refractivity contribution in [3.63, 3.8) is 0 Å². The molecular formula is C15H32IN3O2S. The molecule has 0 heterocycles. The third kappa shape index (κ3) is 9.17. The van der Waals surface area contributed by atoms with Gasteiger partial charge >= 0.3 is 0 Å². The molecule has 7 heteroatoms. The highest BCUT2D eigenvalue weighted by atomic mass is 127. The van der Waals surface area contributed by atoms with Gasteiger partial charge < -0.3 is 10.6 Å². The molecule has 0 unspecified atom stereocenters. The molecular weight excluding hydrogens is 413 g/mol. The molecule has 1 aliphatic rings. The fourth-order valence-electron chi connectivity index (χ4n) is 2.77. The maximum Gasteiger partial charge on any atom is 0.191 e. The zero-order valence-electron chi connectivity index (χ0n) is 14.3. The van der Waals surface area contributed by atoms with Crippen LogP contribution in [0.5, 0.6) is 0 Å². The van der Waals surface area contributed by atoms with E-state index in [0.29, 0.717) is 12.6 Å². The van der Waals surface area contributed by atoms with Gasteiger partial charge in [-0.05, 0) is 44.4 Å². The van der Waals surface area contributed by atoms with E-state index >= 15 is 0 Å². The van der Waals surface area contributed by atoms with E-state index in [-0.39, 0.29) is 29.7 Å². The number of nitrogens with zero attached hydrogens (tertiary/aromatic N) is 1. The smallest absolute Gasteiger partial charge is 0.191 e. The first-order valence-electron chi connectivity index (χ1n) is 8.04. The van der Waals surface area contributed by atoms with Crippen LogP contribution in [0.4, 0.5) is 0 Å². The molecule has 1 rings (SSSR count). The Hall–Kier alpha value is -0.0500. The third-order valence-corrected chi connectivity index (χ3v) is 5.06. The molecule has 0 radical (unpaired) electrons.